The van der Waals surface area contributed by atoms with Crippen molar-refractivity contribution in [3.05, 3.63) is 24.2 Å². The van der Waals surface area contributed by atoms with Gasteiger partial charge in [0.2, 0.25) is 5.91 Å². The van der Waals surface area contributed by atoms with Gasteiger partial charge in [-0.15, -0.1) is 0 Å². The number of rotatable bonds is 7. The first kappa shape index (κ1) is 15.4. The molecule has 1 aromatic heterocycles. The molecule has 0 aromatic carbocycles. The Morgan fingerprint density at radius 2 is 2.30 bits per heavy atom. The maximum Gasteiger partial charge on any atom is 0.240 e. The van der Waals surface area contributed by atoms with Gasteiger partial charge in [0.1, 0.15) is 5.76 Å². The van der Waals surface area contributed by atoms with Crippen molar-refractivity contribution in [1.29, 1.82) is 0 Å². The predicted octanol–water partition coefficient (Wildman–Crippen LogP) is 2.63. The molecule has 0 aliphatic heterocycles. The smallest absolute Gasteiger partial charge is 0.240 e. The quantitative estimate of drug-likeness (QED) is 0.840. The van der Waals surface area contributed by atoms with E-state index in [1.165, 1.54) is 12.8 Å². The number of amides is 1. The highest BCUT2D eigenvalue weighted by atomic mass is 32.2. The maximum absolute atomic E-state index is 12.6. The van der Waals surface area contributed by atoms with Gasteiger partial charge in [0, 0.05) is 6.04 Å². The molecule has 0 spiro atoms. The summed E-state index contributed by atoms with van der Waals surface area (Å²) in [5, 5.41) is 0. The normalized spacial score (nSPS) is 17.3. The van der Waals surface area contributed by atoms with Crippen LogP contribution in [0.25, 0.3) is 0 Å². The second kappa shape index (κ2) is 7.74. The van der Waals surface area contributed by atoms with E-state index in [-0.39, 0.29) is 5.91 Å². The average molecular weight is 296 g/mol. The third-order valence-corrected chi connectivity index (χ3v) is 4.55. The summed E-state index contributed by atoms with van der Waals surface area (Å²) in [7, 11) is 0. The Morgan fingerprint density at radius 3 is 2.90 bits per heavy atom. The van der Waals surface area contributed by atoms with E-state index in [1.54, 1.807) is 18.0 Å². The van der Waals surface area contributed by atoms with Crippen LogP contribution in [0.3, 0.4) is 0 Å². The lowest BCUT2D eigenvalue weighted by Gasteiger charge is -2.30. The number of thioether (sulfide) groups is 1. The molecule has 2 rings (SSSR count). The van der Waals surface area contributed by atoms with Crippen molar-refractivity contribution < 1.29 is 9.21 Å². The molecule has 0 saturated heterocycles. The van der Waals surface area contributed by atoms with Crippen molar-refractivity contribution in [2.24, 2.45) is 5.73 Å². The van der Waals surface area contributed by atoms with Crippen LogP contribution in [-0.4, -0.2) is 34.9 Å². The molecule has 0 radical (unpaired) electrons. The molecular weight excluding hydrogens is 272 g/mol. The van der Waals surface area contributed by atoms with E-state index in [0.29, 0.717) is 12.6 Å². The van der Waals surface area contributed by atoms with Crippen LogP contribution in [0.1, 0.15) is 37.9 Å². The Morgan fingerprint density at radius 1 is 1.55 bits per heavy atom. The highest BCUT2D eigenvalue weighted by molar-refractivity contribution is 7.98. The standard InChI is InChI=1S/C15H24N2O2S/c1-20-10-8-14(16)15(18)17(12-5-2-3-6-12)11-13-7-4-9-19-13/h4,7,9,12,14H,2-3,5-6,8,10-11,16H2,1H3/t14-/m1/s1. The van der Waals surface area contributed by atoms with Crippen molar-refractivity contribution in [3.8, 4) is 0 Å². The van der Waals surface area contributed by atoms with E-state index in [0.717, 1.165) is 30.8 Å². The molecule has 20 heavy (non-hydrogen) atoms. The van der Waals surface area contributed by atoms with E-state index in [2.05, 4.69) is 0 Å². The number of nitrogens with two attached hydrogens (primary N) is 1. The Balaban J connectivity index is 2.02. The molecule has 1 saturated carbocycles. The highest BCUT2D eigenvalue weighted by Crippen LogP contribution is 2.26. The minimum absolute atomic E-state index is 0.0716. The summed E-state index contributed by atoms with van der Waals surface area (Å²) in [4.78, 5) is 14.6. The molecule has 0 bridgehead atoms. The molecule has 2 N–H and O–H groups in total. The summed E-state index contributed by atoms with van der Waals surface area (Å²) in [5.41, 5.74) is 6.07. The fourth-order valence-corrected chi connectivity index (χ4v) is 3.24. The molecule has 1 heterocycles. The van der Waals surface area contributed by atoms with Gasteiger partial charge < -0.3 is 15.1 Å². The topological polar surface area (TPSA) is 59.5 Å². The largest absolute Gasteiger partial charge is 0.467 e. The number of hydrogen-bond acceptors (Lipinski definition) is 4. The van der Waals surface area contributed by atoms with E-state index in [9.17, 15) is 4.79 Å². The van der Waals surface area contributed by atoms with Crippen molar-refractivity contribution in [1.82, 2.24) is 4.90 Å². The summed E-state index contributed by atoms with van der Waals surface area (Å²) in [6.45, 7) is 0.545. The molecule has 112 valence electrons. The van der Waals surface area contributed by atoms with Crippen LogP contribution in [0, 0.1) is 0 Å². The monoisotopic (exact) mass is 296 g/mol. The number of hydrogen-bond donors (Lipinski definition) is 1. The van der Waals surface area contributed by atoms with Crippen LogP contribution in [0.4, 0.5) is 0 Å². The van der Waals surface area contributed by atoms with Crippen LogP contribution in [-0.2, 0) is 11.3 Å². The van der Waals surface area contributed by atoms with Crippen molar-refractivity contribution in [2.75, 3.05) is 12.0 Å². The summed E-state index contributed by atoms with van der Waals surface area (Å²) in [6, 6.07) is 3.72. The fraction of sp³-hybridized carbons (Fsp3) is 0.667. The fourth-order valence-electron chi connectivity index (χ4n) is 2.75. The first-order valence-electron chi connectivity index (χ1n) is 7.29. The zero-order chi connectivity index (χ0) is 14.4. The summed E-state index contributed by atoms with van der Waals surface area (Å²) < 4.78 is 5.40. The van der Waals surface area contributed by atoms with E-state index >= 15 is 0 Å². The zero-order valence-corrected chi connectivity index (χ0v) is 12.9. The van der Waals surface area contributed by atoms with Gasteiger partial charge in [-0.1, -0.05) is 12.8 Å². The Labute approximate surface area is 125 Å². The van der Waals surface area contributed by atoms with E-state index in [4.69, 9.17) is 10.2 Å². The van der Waals surface area contributed by atoms with E-state index in [1.807, 2.05) is 23.3 Å². The third-order valence-electron chi connectivity index (χ3n) is 3.91. The summed E-state index contributed by atoms with van der Waals surface area (Å²) in [5.74, 6) is 1.83. The molecular formula is C15H24N2O2S. The highest BCUT2D eigenvalue weighted by Gasteiger charge is 2.30. The third kappa shape index (κ3) is 4.03. The van der Waals surface area contributed by atoms with Gasteiger partial charge in [-0.05, 0) is 43.4 Å². The van der Waals surface area contributed by atoms with Gasteiger partial charge >= 0.3 is 0 Å². The molecule has 0 unspecified atom stereocenters. The first-order chi connectivity index (χ1) is 9.72. The number of furan rings is 1. The molecule has 1 aromatic rings. The van der Waals surface area contributed by atoms with Gasteiger partial charge in [-0.25, -0.2) is 0 Å². The van der Waals surface area contributed by atoms with Crippen LogP contribution in [0.2, 0.25) is 0 Å². The molecule has 1 aliphatic carbocycles. The van der Waals surface area contributed by atoms with E-state index < -0.39 is 6.04 Å². The van der Waals surface area contributed by atoms with Gasteiger partial charge in [-0.3, -0.25) is 4.79 Å². The second-order valence-corrected chi connectivity index (χ2v) is 6.36. The number of carbonyl (C=O) groups excluding carboxylic acids is 1. The van der Waals surface area contributed by atoms with Crippen molar-refractivity contribution in [3.63, 3.8) is 0 Å². The second-order valence-electron chi connectivity index (χ2n) is 5.37. The van der Waals surface area contributed by atoms with Gasteiger partial charge in [0.25, 0.3) is 0 Å². The van der Waals surface area contributed by atoms with Crippen LogP contribution < -0.4 is 5.73 Å². The molecule has 1 aliphatic rings. The van der Waals surface area contributed by atoms with Crippen molar-refractivity contribution in [2.45, 2.75) is 50.7 Å². The molecule has 4 nitrogen and oxygen atoms in total. The predicted molar refractivity (Wildman–Crippen MR) is 82.5 cm³/mol. The zero-order valence-electron chi connectivity index (χ0n) is 12.1. The maximum atomic E-state index is 12.6. The lowest BCUT2D eigenvalue weighted by atomic mass is 10.1. The lowest BCUT2D eigenvalue weighted by molar-refractivity contribution is -0.135. The summed E-state index contributed by atoms with van der Waals surface area (Å²) >= 11 is 1.73. The van der Waals surface area contributed by atoms with Gasteiger partial charge in [0.05, 0.1) is 18.8 Å². The SMILES string of the molecule is CSCC[C@@H](N)C(=O)N(Cc1ccco1)C1CCCC1. The van der Waals surface area contributed by atoms with Crippen LogP contribution >= 0.6 is 11.8 Å². The van der Waals surface area contributed by atoms with Crippen molar-refractivity contribution >= 4 is 17.7 Å². The first-order valence-corrected chi connectivity index (χ1v) is 8.69. The molecule has 1 fully saturated rings. The molecule has 5 heteroatoms. The average Bonchev–Trinajstić information content (AvgIpc) is 3.13. The Hall–Kier alpha value is -0.940. The number of carbonyl (C=O) groups is 1. The minimum Gasteiger partial charge on any atom is -0.467 e. The Kier molecular flexibility index (Phi) is 5.98. The molecule has 1 amide bonds. The lowest BCUT2D eigenvalue weighted by Crippen LogP contribution is -2.47. The van der Waals surface area contributed by atoms with Crippen LogP contribution in [0.5, 0.6) is 0 Å². The minimum atomic E-state index is -0.391. The number of nitrogens with zero attached hydrogens (tertiary/aromatic N) is 1. The molecule has 1 atom stereocenters. The summed E-state index contributed by atoms with van der Waals surface area (Å²) in [6.07, 6.45) is 9.00. The Bertz CT molecular complexity index is 402. The van der Waals surface area contributed by atoms with Crippen LogP contribution in [0.15, 0.2) is 22.8 Å². The van der Waals surface area contributed by atoms with Gasteiger partial charge in [0.15, 0.2) is 0 Å². The van der Waals surface area contributed by atoms with Gasteiger partial charge in [-0.2, -0.15) is 11.8 Å².